The summed E-state index contributed by atoms with van der Waals surface area (Å²) in [4.78, 5) is 41.2. The molecule has 0 rings (SSSR count). The van der Waals surface area contributed by atoms with Crippen molar-refractivity contribution in [2.24, 2.45) is 0 Å². The van der Waals surface area contributed by atoms with Crippen LogP contribution in [0, 0.1) is 0 Å². The van der Waals surface area contributed by atoms with Crippen molar-refractivity contribution in [2.45, 2.75) is 25.7 Å². The van der Waals surface area contributed by atoms with E-state index in [1.54, 1.807) is 0 Å². The van der Waals surface area contributed by atoms with Gasteiger partial charge < -0.3 is 22.4 Å². The van der Waals surface area contributed by atoms with Gasteiger partial charge in [0.2, 0.25) is 0 Å². The topological polar surface area (TPSA) is 163 Å². The van der Waals surface area contributed by atoms with E-state index in [-0.39, 0.29) is 150 Å². The molecule has 0 unspecified atom stereocenters. The first-order chi connectivity index (χ1) is 11.1. The van der Waals surface area contributed by atoms with Crippen molar-refractivity contribution >= 4 is 86.9 Å². The molecule has 0 amide bonds. The minimum Gasteiger partial charge on any atom is -1.00 e. The van der Waals surface area contributed by atoms with Gasteiger partial charge in [-0.05, 0) is 0 Å². The molecule has 20 heteroatoms. The van der Waals surface area contributed by atoms with Gasteiger partial charge in [0, 0.05) is 51.6 Å². The van der Waals surface area contributed by atoms with Crippen LogP contribution in [0.4, 0.5) is 0 Å². The van der Waals surface area contributed by atoms with E-state index in [1.165, 1.54) is 0 Å². The van der Waals surface area contributed by atoms with E-state index in [2.05, 4.69) is 68.4 Å². The summed E-state index contributed by atoms with van der Waals surface area (Å²) in [6.07, 6.45) is -0.155. The van der Waals surface area contributed by atoms with Crippen molar-refractivity contribution in [3.8, 4) is 0 Å². The molecule has 2 N–H and O–H groups in total. The predicted octanol–water partition coefficient (Wildman–Crippen LogP) is -10.8. The van der Waals surface area contributed by atoms with Crippen molar-refractivity contribution < 1.29 is 173 Å². The molecule has 0 aromatic rings. The Kier molecular flexibility index (Phi) is 65.5. The van der Waals surface area contributed by atoms with Gasteiger partial charge in [0.15, 0.2) is 0 Å². The van der Waals surface area contributed by atoms with Gasteiger partial charge in [0.05, 0.1) is 25.7 Å². The van der Waals surface area contributed by atoms with Gasteiger partial charge in [0.1, 0.15) is 0 Å². The van der Waals surface area contributed by atoms with Crippen LogP contribution in [0.3, 0.4) is 0 Å². The molecule has 0 atom stereocenters. The van der Waals surface area contributed by atoms with E-state index >= 15 is 0 Å². The van der Waals surface area contributed by atoms with E-state index in [1.807, 2.05) is 0 Å². The van der Waals surface area contributed by atoms with Crippen molar-refractivity contribution in [1.82, 2.24) is 0 Å². The fourth-order valence-corrected chi connectivity index (χ4v) is 0.956. The molecule has 0 saturated carbocycles. The van der Waals surface area contributed by atoms with Gasteiger partial charge in [-0.3, -0.25) is 28.3 Å². The molecule has 0 aliphatic heterocycles. The third kappa shape index (κ3) is 51.8. The van der Waals surface area contributed by atoms with Crippen LogP contribution in [-0.2, 0) is 47.3 Å². The van der Waals surface area contributed by atoms with Crippen LogP contribution in [0.2, 0.25) is 0 Å². The molecular formula is C8H18Na4O11S5. The Balaban J connectivity index is -0.0000000216. The molecule has 0 heterocycles. The monoisotopic (exact) mass is 542 g/mol. The van der Waals surface area contributed by atoms with Crippen LogP contribution >= 0.6 is 51.6 Å². The Morgan fingerprint density at radius 2 is 0.714 bits per heavy atom. The van der Waals surface area contributed by atoms with Crippen molar-refractivity contribution in [2.75, 3.05) is 0 Å². The zero-order valence-corrected chi connectivity index (χ0v) is 28.0. The summed E-state index contributed by atoms with van der Waals surface area (Å²) in [6, 6.07) is 0. The van der Waals surface area contributed by atoms with Crippen LogP contribution in [-0.4, -0.2) is 37.2 Å². The summed E-state index contributed by atoms with van der Waals surface area (Å²) >= 11 is 10.3. The molecule has 0 fully saturated rings. The molecule has 0 aliphatic rings. The Hall–Kier alpha value is 3.35. The quantitative estimate of drug-likeness (QED) is 0.0621. The Morgan fingerprint density at radius 1 is 0.607 bits per heavy atom. The third-order valence-electron chi connectivity index (χ3n) is 1.47. The first-order valence-electron chi connectivity index (χ1n) is 5.31. The number of rotatable bonds is 6. The normalized spacial score (nSPS) is 7.39. The molecule has 0 aromatic carbocycles. The molecule has 28 heavy (non-hydrogen) atoms. The molecule has 0 aromatic heterocycles. The molecule has 0 bridgehead atoms. The van der Waals surface area contributed by atoms with Crippen LogP contribution in [0.5, 0.6) is 0 Å². The van der Waals surface area contributed by atoms with E-state index in [9.17, 15) is 19.2 Å². The van der Waals surface area contributed by atoms with Gasteiger partial charge in [-0.1, -0.05) is 0 Å². The minimum atomic E-state index is -2.61. The smallest absolute Gasteiger partial charge is 1.00 e. The van der Waals surface area contributed by atoms with Gasteiger partial charge in [0.25, 0.3) is 11.4 Å². The van der Waals surface area contributed by atoms with Crippen molar-refractivity contribution in [1.29, 1.82) is 0 Å². The van der Waals surface area contributed by atoms with Gasteiger partial charge in [-0.2, -0.15) is 4.21 Å². The minimum absolute atomic E-state index is 0. The molecule has 0 saturated heterocycles. The fraction of sp³-hybridized carbons (Fsp3) is 0.500. The zero-order chi connectivity index (χ0) is 19.5. The molecule has 0 aliphatic carbocycles. The Bertz CT molecular complexity index is 381. The molecule has 0 spiro atoms. The Morgan fingerprint density at radius 3 is 0.786 bits per heavy atom. The first-order valence-corrected chi connectivity index (χ1v) is 7.83. The summed E-state index contributed by atoms with van der Waals surface area (Å²) in [6.45, 7) is 0. The standard InChI is InChI=1S/2C4H6O4S2.4Na.H2O3S.4H/c2*5-3(7-9)1-2-4(6)8-10;;;;;1-4(2)3;;;;/h2*9-10H,1-2H2;;;;;(H2,1,2,3);;;;/q;;4*+1;;4*-1. The second-order valence-electron chi connectivity index (χ2n) is 3.08. The van der Waals surface area contributed by atoms with Crippen LogP contribution in [0.25, 0.3) is 0 Å². The van der Waals surface area contributed by atoms with E-state index in [0.29, 0.717) is 0 Å². The van der Waals surface area contributed by atoms with Gasteiger partial charge >= 0.3 is 142 Å². The molecule has 150 valence electrons. The summed E-state index contributed by atoms with van der Waals surface area (Å²) in [7, 11) is 0. The molecule has 11 nitrogen and oxygen atoms in total. The predicted molar refractivity (Wildman–Crippen MR) is 96.6 cm³/mol. The summed E-state index contributed by atoms with van der Waals surface area (Å²) < 4.78 is 38.7. The van der Waals surface area contributed by atoms with Crippen molar-refractivity contribution in [3.63, 3.8) is 0 Å². The number of hydrogen-bond donors (Lipinski definition) is 6. The number of thiol groups is 4. The fourth-order valence-electron chi connectivity index (χ4n) is 0.591. The molecule has 0 radical (unpaired) electrons. The third-order valence-corrected chi connectivity index (χ3v) is 2.29. The van der Waals surface area contributed by atoms with Crippen LogP contribution in [0.1, 0.15) is 31.4 Å². The SMILES string of the molecule is O=C(CCC(=O)OS)OS.O=C(CCC(=O)OS)OS.O=S(O)O.[H-].[H-].[H-].[H-].[Na+].[Na+].[Na+].[Na+]. The number of carbonyl (C=O) groups is 4. The van der Waals surface area contributed by atoms with Gasteiger partial charge in [-0.25, -0.2) is 0 Å². The second-order valence-corrected chi connectivity index (χ2v) is 4.28. The van der Waals surface area contributed by atoms with Crippen LogP contribution in [0.15, 0.2) is 0 Å². The number of carbonyl (C=O) groups excluding carboxylic acids is 4. The van der Waals surface area contributed by atoms with E-state index in [4.69, 9.17) is 13.3 Å². The zero-order valence-electron chi connectivity index (χ0n) is 19.6. The summed E-state index contributed by atoms with van der Waals surface area (Å²) in [5.74, 6) is -2.27. The van der Waals surface area contributed by atoms with E-state index in [0.717, 1.165) is 0 Å². The number of hydrogen-bond acceptors (Lipinski definition) is 13. The maximum atomic E-state index is 10.3. The van der Waals surface area contributed by atoms with Gasteiger partial charge in [-0.15, -0.1) is 0 Å². The maximum Gasteiger partial charge on any atom is 1.00 e. The van der Waals surface area contributed by atoms with Crippen molar-refractivity contribution in [3.05, 3.63) is 0 Å². The maximum absolute atomic E-state index is 10.3. The van der Waals surface area contributed by atoms with Crippen LogP contribution < -0.4 is 118 Å². The summed E-state index contributed by atoms with van der Waals surface area (Å²) in [5, 5.41) is 0. The summed E-state index contributed by atoms with van der Waals surface area (Å²) in [5.41, 5.74) is 0. The average Bonchev–Trinajstić information content (AvgIpc) is 2.56. The Labute approximate surface area is 281 Å². The first kappa shape index (κ1) is 48.7. The second kappa shape index (κ2) is 37.7. The molecular weight excluding hydrogens is 524 g/mol. The average molecular weight is 543 g/mol. The van der Waals surface area contributed by atoms with E-state index < -0.39 is 35.2 Å². The largest absolute Gasteiger partial charge is 1.00 e.